The SMILES string of the molecule is O=C(O)c1ccc(C(=O)N2CCC(Cc3ccccc3)CC2)cc1. The molecule has 1 N–H and O–H groups in total. The van der Waals surface area contributed by atoms with E-state index < -0.39 is 5.97 Å². The lowest BCUT2D eigenvalue weighted by molar-refractivity contribution is 0.0679. The van der Waals surface area contributed by atoms with E-state index in [9.17, 15) is 9.59 Å². The molecule has 2 aromatic carbocycles. The van der Waals surface area contributed by atoms with Crippen LogP contribution in [0.3, 0.4) is 0 Å². The molecule has 0 aromatic heterocycles. The number of carbonyl (C=O) groups is 2. The minimum absolute atomic E-state index is 0.00917. The van der Waals surface area contributed by atoms with Crippen LogP contribution in [0.15, 0.2) is 54.6 Å². The van der Waals surface area contributed by atoms with Gasteiger partial charge in [-0.3, -0.25) is 4.79 Å². The quantitative estimate of drug-likeness (QED) is 0.937. The Kier molecular flexibility index (Phi) is 4.94. The van der Waals surface area contributed by atoms with Crippen LogP contribution in [0.4, 0.5) is 0 Å². The smallest absolute Gasteiger partial charge is 0.335 e. The van der Waals surface area contributed by atoms with E-state index in [2.05, 4.69) is 24.3 Å². The van der Waals surface area contributed by atoms with E-state index in [0.717, 1.165) is 32.4 Å². The van der Waals surface area contributed by atoms with Gasteiger partial charge in [0.25, 0.3) is 5.91 Å². The molecular weight excluding hydrogens is 302 g/mol. The Morgan fingerprint density at radius 3 is 2.08 bits per heavy atom. The molecule has 1 aliphatic heterocycles. The molecule has 0 bridgehead atoms. The maximum atomic E-state index is 12.5. The average molecular weight is 323 g/mol. The van der Waals surface area contributed by atoms with Crippen molar-refractivity contribution < 1.29 is 14.7 Å². The summed E-state index contributed by atoms with van der Waals surface area (Å²) in [5, 5.41) is 8.92. The number of benzene rings is 2. The fraction of sp³-hybridized carbons (Fsp3) is 0.300. The molecule has 3 rings (SSSR count). The van der Waals surface area contributed by atoms with Gasteiger partial charge in [-0.2, -0.15) is 0 Å². The molecule has 0 unspecified atom stereocenters. The lowest BCUT2D eigenvalue weighted by Gasteiger charge is -2.32. The molecule has 0 aliphatic carbocycles. The molecule has 1 fully saturated rings. The molecule has 0 spiro atoms. The Balaban J connectivity index is 1.56. The summed E-state index contributed by atoms with van der Waals surface area (Å²) in [7, 11) is 0. The normalized spacial score (nSPS) is 15.2. The number of rotatable bonds is 4. The first-order valence-corrected chi connectivity index (χ1v) is 8.30. The van der Waals surface area contributed by atoms with Crippen molar-refractivity contribution in [2.75, 3.05) is 13.1 Å². The van der Waals surface area contributed by atoms with Gasteiger partial charge < -0.3 is 10.0 Å². The average Bonchev–Trinajstić information content (AvgIpc) is 2.63. The first-order valence-electron chi connectivity index (χ1n) is 8.30. The summed E-state index contributed by atoms with van der Waals surface area (Å²) in [6, 6.07) is 16.6. The molecule has 1 aliphatic rings. The summed E-state index contributed by atoms with van der Waals surface area (Å²) < 4.78 is 0. The molecular formula is C20H21NO3. The Hall–Kier alpha value is -2.62. The third kappa shape index (κ3) is 3.82. The van der Waals surface area contributed by atoms with Crippen molar-refractivity contribution in [3.05, 3.63) is 71.3 Å². The summed E-state index contributed by atoms with van der Waals surface area (Å²) in [5.41, 5.74) is 2.11. The van der Waals surface area contributed by atoms with Crippen LogP contribution in [-0.2, 0) is 6.42 Å². The Morgan fingerprint density at radius 2 is 1.50 bits per heavy atom. The van der Waals surface area contributed by atoms with Gasteiger partial charge in [0.05, 0.1) is 5.56 Å². The third-order valence-corrected chi connectivity index (χ3v) is 4.65. The highest BCUT2D eigenvalue weighted by atomic mass is 16.4. The summed E-state index contributed by atoms with van der Waals surface area (Å²) in [6.45, 7) is 1.52. The van der Waals surface area contributed by atoms with Gasteiger partial charge in [-0.15, -0.1) is 0 Å². The molecule has 1 saturated heterocycles. The summed E-state index contributed by atoms with van der Waals surface area (Å²) in [6.07, 6.45) is 3.08. The highest BCUT2D eigenvalue weighted by Gasteiger charge is 2.23. The van der Waals surface area contributed by atoms with Crippen LogP contribution in [0.2, 0.25) is 0 Å². The molecule has 1 heterocycles. The van der Waals surface area contributed by atoms with E-state index in [1.54, 1.807) is 12.1 Å². The van der Waals surface area contributed by atoms with Crippen LogP contribution >= 0.6 is 0 Å². The molecule has 0 radical (unpaired) electrons. The van der Waals surface area contributed by atoms with E-state index in [4.69, 9.17) is 5.11 Å². The standard InChI is InChI=1S/C20H21NO3/c22-19(17-6-8-18(9-7-17)20(23)24)21-12-10-16(11-13-21)14-15-4-2-1-3-5-15/h1-9,16H,10-14H2,(H,23,24). The van der Waals surface area contributed by atoms with Crippen molar-refractivity contribution in [3.8, 4) is 0 Å². The van der Waals surface area contributed by atoms with Gasteiger partial charge in [0, 0.05) is 18.7 Å². The van der Waals surface area contributed by atoms with Crippen molar-refractivity contribution in [1.29, 1.82) is 0 Å². The molecule has 1 amide bonds. The number of piperidine rings is 1. The number of hydrogen-bond acceptors (Lipinski definition) is 2. The summed E-state index contributed by atoms with van der Waals surface area (Å²) >= 11 is 0. The molecule has 24 heavy (non-hydrogen) atoms. The predicted octanol–water partition coefficient (Wildman–Crippen LogP) is 3.48. The van der Waals surface area contributed by atoms with Gasteiger partial charge in [0.15, 0.2) is 0 Å². The molecule has 4 heteroatoms. The second-order valence-electron chi connectivity index (χ2n) is 6.31. The van der Waals surface area contributed by atoms with Crippen molar-refractivity contribution in [3.63, 3.8) is 0 Å². The molecule has 4 nitrogen and oxygen atoms in total. The fourth-order valence-electron chi connectivity index (χ4n) is 3.23. The number of likely N-dealkylation sites (tertiary alicyclic amines) is 1. The number of carboxylic acid groups (broad SMARTS) is 1. The van der Waals surface area contributed by atoms with Crippen LogP contribution in [0.5, 0.6) is 0 Å². The third-order valence-electron chi connectivity index (χ3n) is 4.65. The van der Waals surface area contributed by atoms with Crippen LogP contribution in [0.1, 0.15) is 39.1 Å². The van der Waals surface area contributed by atoms with Crippen molar-refractivity contribution >= 4 is 11.9 Å². The maximum Gasteiger partial charge on any atom is 0.335 e. The Labute approximate surface area is 141 Å². The second-order valence-corrected chi connectivity index (χ2v) is 6.31. The minimum atomic E-state index is -0.976. The highest BCUT2D eigenvalue weighted by molar-refractivity contribution is 5.95. The zero-order chi connectivity index (χ0) is 16.9. The van der Waals surface area contributed by atoms with Gasteiger partial charge in [-0.1, -0.05) is 30.3 Å². The van der Waals surface area contributed by atoms with Gasteiger partial charge in [0.2, 0.25) is 0 Å². The number of amides is 1. The number of hydrogen-bond donors (Lipinski definition) is 1. The van der Waals surface area contributed by atoms with Crippen molar-refractivity contribution in [2.24, 2.45) is 5.92 Å². The molecule has 0 saturated carbocycles. The fourth-order valence-corrected chi connectivity index (χ4v) is 3.23. The number of carboxylic acids is 1. The summed E-state index contributed by atoms with van der Waals surface area (Å²) in [5.74, 6) is -0.369. The molecule has 124 valence electrons. The maximum absolute atomic E-state index is 12.5. The molecule has 2 aromatic rings. The van der Waals surface area contributed by atoms with E-state index in [1.165, 1.54) is 17.7 Å². The van der Waals surface area contributed by atoms with Crippen LogP contribution in [-0.4, -0.2) is 35.0 Å². The Morgan fingerprint density at radius 1 is 0.917 bits per heavy atom. The van der Waals surface area contributed by atoms with Gasteiger partial charge in [-0.05, 0) is 55.0 Å². The largest absolute Gasteiger partial charge is 0.478 e. The minimum Gasteiger partial charge on any atom is -0.478 e. The number of nitrogens with zero attached hydrogens (tertiary/aromatic N) is 1. The van der Waals surface area contributed by atoms with Gasteiger partial charge in [-0.25, -0.2) is 4.79 Å². The van der Waals surface area contributed by atoms with Crippen molar-refractivity contribution in [2.45, 2.75) is 19.3 Å². The van der Waals surface area contributed by atoms with Crippen molar-refractivity contribution in [1.82, 2.24) is 4.90 Å². The van der Waals surface area contributed by atoms with Crippen LogP contribution in [0.25, 0.3) is 0 Å². The van der Waals surface area contributed by atoms with Crippen LogP contribution < -0.4 is 0 Å². The van der Waals surface area contributed by atoms with Crippen LogP contribution in [0, 0.1) is 5.92 Å². The lowest BCUT2D eigenvalue weighted by atomic mass is 9.90. The van der Waals surface area contributed by atoms with E-state index in [0.29, 0.717) is 11.5 Å². The number of carbonyl (C=O) groups excluding carboxylic acids is 1. The predicted molar refractivity (Wildman–Crippen MR) is 92.2 cm³/mol. The lowest BCUT2D eigenvalue weighted by Crippen LogP contribution is -2.38. The van der Waals surface area contributed by atoms with E-state index in [1.807, 2.05) is 11.0 Å². The summed E-state index contributed by atoms with van der Waals surface area (Å²) in [4.78, 5) is 25.3. The zero-order valence-corrected chi connectivity index (χ0v) is 13.5. The van der Waals surface area contributed by atoms with E-state index in [-0.39, 0.29) is 11.5 Å². The second kappa shape index (κ2) is 7.30. The number of aromatic carboxylic acids is 1. The highest BCUT2D eigenvalue weighted by Crippen LogP contribution is 2.23. The molecule has 0 atom stereocenters. The topological polar surface area (TPSA) is 57.6 Å². The van der Waals surface area contributed by atoms with E-state index >= 15 is 0 Å². The zero-order valence-electron chi connectivity index (χ0n) is 13.5. The van der Waals surface area contributed by atoms with Gasteiger partial charge >= 0.3 is 5.97 Å². The Bertz CT molecular complexity index is 701. The van der Waals surface area contributed by atoms with Gasteiger partial charge in [0.1, 0.15) is 0 Å². The first-order chi connectivity index (χ1) is 11.6. The monoisotopic (exact) mass is 323 g/mol. The first kappa shape index (κ1) is 16.2.